The number of aromatic nitrogens is 2. The number of nitrogens with zero attached hydrogens (tertiary/aromatic N) is 2. The first-order valence-corrected chi connectivity index (χ1v) is 12.3. The predicted molar refractivity (Wildman–Crippen MR) is 142 cm³/mol. The molecule has 7 heteroatoms. The van der Waals surface area contributed by atoms with Crippen molar-refractivity contribution in [3.05, 3.63) is 95.8 Å². The molecule has 0 spiro atoms. The van der Waals surface area contributed by atoms with Crippen molar-refractivity contribution in [3.8, 4) is 17.2 Å². The zero-order chi connectivity index (χ0) is 25.4. The molecule has 0 unspecified atom stereocenters. The second kappa shape index (κ2) is 9.50. The van der Waals surface area contributed by atoms with Gasteiger partial charge in [-0.15, -0.1) is 0 Å². The SMILES string of the molecule is CC(C)NC(=O)c1ccc2c(c1)nc(COc1ccc3ccccc3c1)n2Cc1ccc2c(c1)OCO2. The van der Waals surface area contributed by atoms with Gasteiger partial charge in [-0.3, -0.25) is 4.79 Å². The van der Waals surface area contributed by atoms with E-state index in [2.05, 4.69) is 28.1 Å². The Hall–Kier alpha value is -4.52. The number of imidazole rings is 1. The molecular formula is C30H27N3O4. The first-order valence-electron chi connectivity index (χ1n) is 12.3. The maximum atomic E-state index is 12.6. The van der Waals surface area contributed by atoms with Gasteiger partial charge >= 0.3 is 0 Å². The first kappa shape index (κ1) is 22.9. The molecule has 5 aromatic rings. The molecular weight excluding hydrogens is 466 g/mol. The van der Waals surface area contributed by atoms with E-state index in [1.807, 2.05) is 74.5 Å². The minimum Gasteiger partial charge on any atom is -0.486 e. The second-order valence-electron chi connectivity index (χ2n) is 9.43. The number of rotatable bonds is 7. The molecule has 1 aliphatic heterocycles. The molecule has 2 heterocycles. The monoisotopic (exact) mass is 493 g/mol. The highest BCUT2D eigenvalue weighted by atomic mass is 16.7. The fourth-order valence-corrected chi connectivity index (χ4v) is 4.58. The Labute approximate surface area is 214 Å². The van der Waals surface area contributed by atoms with Gasteiger partial charge in [0.25, 0.3) is 5.91 Å². The van der Waals surface area contributed by atoms with Crippen LogP contribution in [0.1, 0.15) is 35.6 Å². The number of benzene rings is 4. The number of amides is 1. The highest BCUT2D eigenvalue weighted by molar-refractivity contribution is 5.97. The highest BCUT2D eigenvalue weighted by Gasteiger charge is 2.18. The fraction of sp³-hybridized carbons (Fsp3) is 0.200. The Morgan fingerprint density at radius 1 is 0.973 bits per heavy atom. The number of nitrogens with one attached hydrogen (secondary N) is 1. The highest BCUT2D eigenvalue weighted by Crippen LogP contribution is 2.33. The van der Waals surface area contributed by atoms with Gasteiger partial charge < -0.3 is 24.1 Å². The van der Waals surface area contributed by atoms with E-state index in [0.717, 1.165) is 50.4 Å². The van der Waals surface area contributed by atoms with E-state index >= 15 is 0 Å². The van der Waals surface area contributed by atoms with Gasteiger partial charge in [0.05, 0.1) is 11.0 Å². The van der Waals surface area contributed by atoms with Crippen molar-refractivity contribution in [2.24, 2.45) is 0 Å². The van der Waals surface area contributed by atoms with E-state index < -0.39 is 0 Å². The summed E-state index contributed by atoms with van der Waals surface area (Å²) in [5.74, 6) is 2.92. The molecule has 0 bridgehead atoms. The smallest absolute Gasteiger partial charge is 0.251 e. The average molecular weight is 494 g/mol. The molecule has 37 heavy (non-hydrogen) atoms. The summed E-state index contributed by atoms with van der Waals surface area (Å²) in [4.78, 5) is 17.5. The van der Waals surface area contributed by atoms with Crippen molar-refractivity contribution in [2.75, 3.05) is 6.79 Å². The van der Waals surface area contributed by atoms with Crippen molar-refractivity contribution < 1.29 is 19.0 Å². The molecule has 0 saturated heterocycles. The number of carbonyl (C=O) groups excluding carboxylic acids is 1. The van der Waals surface area contributed by atoms with E-state index in [4.69, 9.17) is 19.2 Å². The van der Waals surface area contributed by atoms with Crippen LogP contribution in [0.3, 0.4) is 0 Å². The largest absolute Gasteiger partial charge is 0.486 e. The summed E-state index contributed by atoms with van der Waals surface area (Å²) in [7, 11) is 0. The molecule has 6 rings (SSSR count). The standard InChI is InChI=1S/C30H27N3O4/c1-19(2)31-30(34)23-9-11-26-25(15-23)32-29(17-35-24-10-8-21-5-3-4-6-22(21)14-24)33(26)16-20-7-12-27-28(13-20)37-18-36-27/h3-15,19H,16-18H2,1-2H3,(H,31,34). The first-order chi connectivity index (χ1) is 18.0. The van der Waals surface area contributed by atoms with Crippen molar-refractivity contribution >= 4 is 27.7 Å². The maximum absolute atomic E-state index is 12.6. The van der Waals surface area contributed by atoms with Crippen LogP contribution in [0.2, 0.25) is 0 Å². The van der Waals surface area contributed by atoms with Crippen LogP contribution < -0.4 is 19.5 Å². The lowest BCUT2D eigenvalue weighted by atomic mass is 10.1. The van der Waals surface area contributed by atoms with Crippen LogP contribution in [-0.4, -0.2) is 28.3 Å². The van der Waals surface area contributed by atoms with Crippen LogP contribution in [0.4, 0.5) is 0 Å². The van der Waals surface area contributed by atoms with Gasteiger partial charge in [0.15, 0.2) is 11.5 Å². The quantitative estimate of drug-likeness (QED) is 0.316. The summed E-state index contributed by atoms with van der Waals surface area (Å²) in [6.45, 7) is 4.97. The fourth-order valence-electron chi connectivity index (χ4n) is 4.58. The topological polar surface area (TPSA) is 74.6 Å². The Morgan fingerprint density at radius 3 is 2.68 bits per heavy atom. The van der Waals surface area contributed by atoms with Crippen LogP contribution in [0.5, 0.6) is 17.2 Å². The molecule has 1 amide bonds. The van der Waals surface area contributed by atoms with Crippen LogP contribution in [-0.2, 0) is 13.2 Å². The Kier molecular flexibility index (Phi) is 5.88. The van der Waals surface area contributed by atoms with Crippen LogP contribution in [0, 0.1) is 0 Å². The third kappa shape index (κ3) is 4.68. The van der Waals surface area contributed by atoms with Gasteiger partial charge in [-0.25, -0.2) is 4.98 Å². The molecule has 0 fully saturated rings. The third-order valence-electron chi connectivity index (χ3n) is 6.38. The predicted octanol–water partition coefficient (Wildman–Crippen LogP) is 5.68. The zero-order valence-corrected chi connectivity index (χ0v) is 20.7. The lowest BCUT2D eigenvalue weighted by Crippen LogP contribution is -2.29. The van der Waals surface area contributed by atoms with Crippen molar-refractivity contribution in [1.29, 1.82) is 0 Å². The van der Waals surface area contributed by atoms with Crippen LogP contribution >= 0.6 is 0 Å². The summed E-state index contributed by atoms with van der Waals surface area (Å²) in [6.07, 6.45) is 0. The van der Waals surface area contributed by atoms with Crippen molar-refractivity contribution in [3.63, 3.8) is 0 Å². The lowest BCUT2D eigenvalue weighted by Gasteiger charge is -2.12. The molecule has 0 aliphatic carbocycles. The minimum atomic E-state index is -0.115. The number of hydrogen-bond acceptors (Lipinski definition) is 5. The molecule has 0 saturated carbocycles. The van der Waals surface area contributed by atoms with E-state index in [1.54, 1.807) is 0 Å². The Balaban J connectivity index is 1.34. The normalized spacial score (nSPS) is 12.4. The molecule has 1 N–H and O–H groups in total. The summed E-state index contributed by atoms with van der Waals surface area (Å²) >= 11 is 0. The van der Waals surface area contributed by atoms with Gasteiger partial charge in [-0.2, -0.15) is 0 Å². The lowest BCUT2D eigenvalue weighted by molar-refractivity contribution is 0.0943. The number of hydrogen-bond donors (Lipinski definition) is 1. The Morgan fingerprint density at radius 2 is 1.81 bits per heavy atom. The van der Waals surface area contributed by atoms with E-state index in [9.17, 15) is 4.79 Å². The van der Waals surface area contributed by atoms with Crippen molar-refractivity contribution in [1.82, 2.24) is 14.9 Å². The minimum absolute atomic E-state index is 0.0534. The van der Waals surface area contributed by atoms with E-state index in [1.165, 1.54) is 0 Å². The zero-order valence-electron chi connectivity index (χ0n) is 20.7. The Bertz CT molecular complexity index is 1620. The van der Waals surface area contributed by atoms with Gasteiger partial charge in [-0.05, 0) is 72.6 Å². The number of carbonyl (C=O) groups is 1. The molecule has 1 aromatic heterocycles. The summed E-state index contributed by atoms with van der Waals surface area (Å²) in [6, 6.07) is 25.9. The third-order valence-corrected chi connectivity index (χ3v) is 6.38. The maximum Gasteiger partial charge on any atom is 0.251 e. The number of ether oxygens (including phenoxy) is 3. The van der Waals surface area contributed by atoms with Gasteiger partial charge in [0.1, 0.15) is 18.2 Å². The van der Waals surface area contributed by atoms with Gasteiger partial charge in [0, 0.05) is 18.2 Å². The van der Waals surface area contributed by atoms with Gasteiger partial charge in [0.2, 0.25) is 6.79 Å². The summed E-state index contributed by atoms with van der Waals surface area (Å²) < 4.78 is 19.4. The molecule has 0 radical (unpaired) electrons. The van der Waals surface area contributed by atoms with E-state index in [-0.39, 0.29) is 25.3 Å². The number of fused-ring (bicyclic) bond motifs is 3. The summed E-state index contributed by atoms with van der Waals surface area (Å²) in [5.41, 5.74) is 3.30. The average Bonchev–Trinajstić information content (AvgIpc) is 3.50. The van der Waals surface area contributed by atoms with Crippen LogP contribution in [0.15, 0.2) is 78.9 Å². The van der Waals surface area contributed by atoms with Crippen molar-refractivity contribution in [2.45, 2.75) is 33.0 Å². The molecule has 1 aliphatic rings. The molecule has 186 valence electrons. The van der Waals surface area contributed by atoms with Crippen LogP contribution in [0.25, 0.3) is 21.8 Å². The molecule has 4 aromatic carbocycles. The molecule has 0 atom stereocenters. The van der Waals surface area contributed by atoms with E-state index in [0.29, 0.717) is 12.1 Å². The second-order valence-corrected chi connectivity index (χ2v) is 9.43. The summed E-state index contributed by atoms with van der Waals surface area (Å²) in [5, 5.41) is 5.23. The van der Waals surface area contributed by atoms with Gasteiger partial charge in [-0.1, -0.05) is 36.4 Å². The molecule has 7 nitrogen and oxygen atoms in total.